The summed E-state index contributed by atoms with van der Waals surface area (Å²) in [7, 11) is -3.54. The van der Waals surface area contributed by atoms with Crippen molar-refractivity contribution in [3.05, 3.63) is 29.8 Å². The van der Waals surface area contributed by atoms with Gasteiger partial charge in [-0.15, -0.1) is 0 Å². The Morgan fingerprint density at radius 1 is 1.03 bits per heavy atom. The predicted octanol–water partition coefficient (Wildman–Crippen LogP) is 2.08. The van der Waals surface area contributed by atoms with Crippen molar-refractivity contribution in [1.82, 2.24) is 13.5 Å². The largest absolute Gasteiger partial charge is 0.493 e. The molecule has 2 heterocycles. The van der Waals surface area contributed by atoms with Gasteiger partial charge in [-0.05, 0) is 37.5 Å². The van der Waals surface area contributed by atoms with Crippen LogP contribution in [0.1, 0.15) is 45.6 Å². The molecule has 174 valence electrons. The van der Waals surface area contributed by atoms with E-state index in [9.17, 15) is 13.2 Å². The van der Waals surface area contributed by atoms with Gasteiger partial charge in [0.15, 0.2) is 0 Å². The van der Waals surface area contributed by atoms with E-state index in [2.05, 4.69) is 13.8 Å². The first-order chi connectivity index (χ1) is 14.7. The van der Waals surface area contributed by atoms with Gasteiger partial charge in [0.1, 0.15) is 5.75 Å². The first-order valence-electron chi connectivity index (χ1n) is 11.1. The zero-order chi connectivity index (χ0) is 22.6. The summed E-state index contributed by atoms with van der Waals surface area (Å²) in [6.07, 6.45) is 0.0305. The van der Waals surface area contributed by atoms with E-state index in [4.69, 9.17) is 9.47 Å². The molecule has 0 N–H and O–H groups in total. The van der Waals surface area contributed by atoms with E-state index in [1.54, 1.807) is 4.90 Å². The van der Waals surface area contributed by atoms with Gasteiger partial charge in [0.2, 0.25) is 5.91 Å². The highest BCUT2D eigenvalue weighted by Gasteiger charge is 2.37. The molecule has 2 unspecified atom stereocenters. The number of hydrogen-bond acceptors (Lipinski definition) is 5. The molecule has 0 spiro atoms. The van der Waals surface area contributed by atoms with Crippen LogP contribution in [0.5, 0.6) is 5.75 Å². The van der Waals surface area contributed by atoms with Gasteiger partial charge in [-0.3, -0.25) is 4.79 Å². The van der Waals surface area contributed by atoms with Crippen LogP contribution in [-0.4, -0.2) is 85.9 Å². The Labute approximate surface area is 186 Å². The average molecular weight is 454 g/mol. The van der Waals surface area contributed by atoms with E-state index >= 15 is 0 Å². The number of carbonyl (C=O) groups excluding carboxylic acids is 1. The molecule has 2 aliphatic heterocycles. The second kappa shape index (κ2) is 10.3. The van der Waals surface area contributed by atoms with Crippen molar-refractivity contribution >= 4 is 16.1 Å². The van der Waals surface area contributed by atoms with Crippen molar-refractivity contribution < 1.29 is 22.7 Å². The van der Waals surface area contributed by atoms with Crippen molar-refractivity contribution in [3.63, 3.8) is 0 Å². The molecule has 0 aliphatic carbocycles. The van der Waals surface area contributed by atoms with Crippen molar-refractivity contribution in [1.29, 1.82) is 0 Å². The van der Waals surface area contributed by atoms with Crippen LogP contribution >= 0.6 is 0 Å². The summed E-state index contributed by atoms with van der Waals surface area (Å²) in [4.78, 5) is 14.3. The maximum atomic E-state index is 13.0. The summed E-state index contributed by atoms with van der Waals surface area (Å²) >= 11 is 0. The van der Waals surface area contributed by atoms with E-state index < -0.39 is 10.2 Å². The Morgan fingerprint density at radius 2 is 1.61 bits per heavy atom. The minimum Gasteiger partial charge on any atom is -0.493 e. The molecule has 31 heavy (non-hydrogen) atoms. The molecule has 2 atom stereocenters. The quantitative estimate of drug-likeness (QED) is 0.632. The second-order valence-electron chi connectivity index (χ2n) is 8.68. The third-order valence-electron chi connectivity index (χ3n) is 5.76. The third kappa shape index (κ3) is 6.19. The fourth-order valence-corrected chi connectivity index (χ4v) is 5.76. The van der Waals surface area contributed by atoms with Crippen molar-refractivity contribution in [3.8, 4) is 5.75 Å². The van der Waals surface area contributed by atoms with Gasteiger partial charge < -0.3 is 14.4 Å². The Balaban J connectivity index is 1.44. The van der Waals surface area contributed by atoms with Crippen LogP contribution in [0.2, 0.25) is 0 Å². The monoisotopic (exact) mass is 453 g/mol. The molecule has 1 aromatic carbocycles. The average Bonchev–Trinajstić information content (AvgIpc) is 2.73. The maximum Gasteiger partial charge on any atom is 0.282 e. The van der Waals surface area contributed by atoms with Gasteiger partial charge >= 0.3 is 0 Å². The highest BCUT2D eigenvalue weighted by Crippen LogP contribution is 2.20. The number of carbonyl (C=O) groups is 1. The fourth-order valence-electron chi connectivity index (χ4n) is 4.01. The number of morpholine rings is 1. The molecule has 2 fully saturated rings. The molecule has 2 aliphatic rings. The summed E-state index contributed by atoms with van der Waals surface area (Å²) < 4.78 is 40.3. The molecular formula is C22H35N3O5S. The molecule has 9 heteroatoms. The van der Waals surface area contributed by atoms with Gasteiger partial charge in [-0.2, -0.15) is 17.0 Å². The molecule has 0 saturated carbocycles. The lowest BCUT2D eigenvalue weighted by Gasteiger charge is -2.40. The molecule has 8 nitrogen and oxygen atoms in total. The van der Waals surface area contributed by atoms with Crippen molar-refractivity contribution in [2.24, 2.45) is 0 Å². The highest BCUT2D eigenvalue weighted by atomic mass is 32.2. The van der Waals surface area contributed by atoms with E-state index in [1.807, 2.05) is 38.1 Å². The van der Waals surface area contributed by atoms with Crippen LogP contribution in [0.3, 0.4) is 0 Å². The van der Waals surface area contributed by atoms with E-state index in [0.29, 0.717) is 51.8 Å². The molecule has 0 radical (unpaired) electrons. The number of rotatable bonds is 7. The van der Waals surface area contributed by atoms with Crippen LogP contribution in [0.25, 0.3) is 0 Å². The lowest BCUT2D eigenvalue weighted by Crippen LogP contribution is -2.57. The van der Waals surface area contributed by atoms with Crippen molar-refractivity contribution in [2.45, 2.75) is 52.2 Å². The van der Waals surface area contributed by atoms with Crippen LogP contribution in [-0.2, 0) is 19.7 Å². The van der Waals surface area contributed by atoms with Crippen LogP contribution in [0.15, 0.2) is 24.3 Å². The summed E-state index contributed by atoms with van der Waals surface area (Å²) in [5.41, 5.74) is 1.25. The molecule has 0 aromatic heterocycles. The van der Waals surface area contributed by atoms with Gasteiger partial charge in [0.25, 0.3) is 10.2 Å². The highest BCUT2D eigenvalue weighted by molar-refractivity contribution is 7.86. The summed E-state index contributed by atoms with van der Waals surface area (Å²) in [6, 6.07) is 7.93. The SMILES string of the molecule is CC1CN(S(=O)(=O)N2CCN(C(=O)CCOc3ccc(C(C)C)cc3)CC2)CC(C)O1. The molecular weight excluding hydrogens is 418 g/mol. The Morgan fingerprint density at radius 3 is 2.16 bits per heavy atom. The van der Waals surface area contributed by atoms with E-state index in [-0.39, 0.29) is 24.5 Å². The number of hydrogen-bond donors (Lipinski definition) is 0. The first-order valence-corrected chi connectivity index (χ1v) is 12.5. The smallest absolute Gasteiger partial charge is 0.282 e. The third-order valence-corrected chi connectivity index (χ3v) is 7.73. The minimum atomic E-state index is -3.54. The summed E-state index contributed by atoms with van der Waals surface area (Å²) in [6.45, 7) is 10.5. The zero-order valence-electron chi connectivity index (χ0n) is 19.0. The van der Waals surface area contributed by atoms with Gasteiger partial charge in [-0.25, -0.2) is 0 Å². The number of nitrogens with zero attached hydrogens (tertiary/aromatic N) is 3. The number of ether oxygens (including phenoxy) is 2. The van der Waals surface area contributed by atoms with Gasteiger partial charge in [0.05, 0.1) is 25.2 Å². The summed E-state index contributed by atoms with van der Waals surface area (Å²) in [5.74, 6) is 1.21. The Hall–Kier alpha value is -1.68. The summed E-state index contributed by atoms with van der Waals surface area (Å²) in [5, 5.41) is 0. The zero-order valence-corrected chi connectivity index (χ0v) is 19.8. The lowest BCUT2D eigenvalue weighted by molar-refractivity contribution is -0.132. The maximum absolute atomic E-state index is 13.0. The molecule has 3 rings (SSSR count). The predicted molar refractivity (Wildman–Crippen MR) is 119 cm³/mol. The number of piperazine rings is 1. The number of benzene rings is 1. The molecule has 0 bridgehead atoms. The minimum absolute atomic E-state index is 0.00975. The van der Waals surface area contributed by atoms with Crippen LogP contribution < -0.4 is 4.74 Å². The van der Waals surface area contributed by atoms with Gasteiger partial charge in [0, 0.05) is 39.3 Å². The van der Waals surface area contributed by atoms with Crippen LogP contribution in [0, 0.1) is 0 Å². The standard InChI is InChI=1S/C22H35N3O5S/c1-17(2)20-5-7-21(8-6-20)29-14-9-22(26)23-10-12-24(13-11-23)31(27,28)25-15-18(3)30-19(4)16-25/h5-8,17-19H,9-16H2,1-4H3. The Bertz CT molecular complexity index is 825. The number of amides is 1. The molecule has 1 amide bonds. The fraction of sp³-hybridized carbons (Fsp3) is 0.682. The van der Waals surface area contributed by atoms with Crippen molar-refractivity contribution in [2.75, 3.05) is 45.9 Å². The van der Waals surface area contributed by atoms with Crippen LogP contribution in [0.4, 0.5) is 0 Å². The molecule has 2 saturated heterocycles. The second-order valence-corrected chi connectivity index (χ2v) is 10.6. The van der Waals surface area contributed by atoms with Gasteiger partial charge in [-0.1, -0.05) is 26.0 Å². The van der Waals surface area contributed by atoms with E-state index in [0.717, 1.165) is 5.75 Å². The normalized spacial score (nSPS) is 23.8. The molecule has 1 aromatic rings. The Kier molecular flexibility index (Phi) is 7.96. The lowest BCUT2D eigenvalue weighted by atomic mass is 10.0. The first kappa shape index (κ1) is 24.0. The van der Waals surface area contributed by atoms with E-state index in [1.165, 1.54) is 14.2 Å². The topological polar surface area (TPSA) is 79.4 Å².